The third-order valence-corrected chi connectivity index (χ3v) is 6.32. The van der Waals surface area contributed by atoms with Gasteiger partial charge in [0.05, 0.1) is 31.9 Å². The summed E-state index contributed by atoms with van der Waals surface area (Å²) < 4.78 is 10.9. The maximum atomic E-state index is 13.1. The fourth-order valence-corrected chi connectivity index (χ4v) is 4.50. The van der Waals surface area contributed by atoms with E-state index in [1.54, 1.807) is 42.3 Å². The Morgan fingerprint density at radius 2 is 1.79 bits per heavy atom. The monoisotopic (exact) mass is 470 g/mol. The van der Waals surface area contributed by atoms with Crippen LogP contribution in [0.4, 0.5) is 0 Å². The number of morpholine rings is 1. The summed E-state index contributed by atoms with van der Waals surface area (Å²) in [5, 5.41) is 11.6. The van der Waals surface area contributed by atoms with Crippen LogP contribution in [-0.2, 0) is 14.3 Å². The molecule has 0 spiro atoms. The van der Waals surface area contributed by atoms with E-state index in [4.69, 9.17) is 21.1 Å². The lowest BCUT2D eigenvalue weighted by Gasteiger charge is -2.29. The minimum absolute atomic E-state index is 0.0539. The predicted molar refractivity (Wildman–Crippen MR) is 125 cm³/mol. The summed E-state index contributed by atoms with van der Waals surface area (Å²) in [5.41, 5.74) is 1.13. The lowest BCUT2D eigenvalue weighted by molar-refractivity contribution is -0.140. The van der Waals surface area contributed by atoms with Crippen molar-refractivity contribution in [3.05, 3.63) is 70.3 Å². The van der Waals surface area contributed by atoms with E-state index in [0.717, 1.165) is 19.6 Å². The normalized spacial score (nSPS) is 20.9. The van der Waals surface area contributed by atoms with Crippen molar-refractivity contribution in [2.24, 2.45) is 0 Å². The minimum Gasteiger partial charge on any atom is -0.507 e. The fraction of sp³-hybridized carbons (Fsp3) is 0.360. The Labute approximate surface area is 198 Å². The number of methoxy groups -OCH3 is 1. The van der Waals surface area contributed by atoms with Crippen molar-refractivity contribution in [1.29, 1.82) is 0 Å². The fourth-order valence-electron chi connectivity index (χ4n) is 4.38. The number of hydrogen-bond donors (Lipinski definition) is 1. The number of amides is 1. The Balaban J connectivity index is 1.70. The molecule has 0 saturated carbocycles. The van der Waals surface area contributed by atoms with Gasteiger partial charge in [-0.1, -0.05) is 29.8 Å². The van der Waals surface area contributed by atoms with Gasteiger partial charge < -0.3 is 19.5 Å². The van der Waals surface area contributed by atoms with Crippen molar-refractivity contribution in [1.82, 2.24) is 9.80 Å². The van der Waals surface area contributed by atoms with E-state index in [1.165, 1.54) is 0 Å². The van der Waals surface area contributed by atoms with Gasteiger partial charge in [0, 0.05) is 42.3 Å². The molecule has 2 fully saturated rings. The van der Waals surface area contributed by atoms with Crippen LogP contribution in [0.1, 0.15) is 23.6 Å². The highest BCUT2D eigenvalue weighted by molar-refractivity contribution is 6.46. The standard InChI is InChI=1S/C25H27ClN2O5/c1-32-20-6-3-2-5-19(20)22-21(23(29)17-7-9-18(26)10-8-17)24(30)25(31)28(22)12-4-11-27-13-15-33-16-14-27/h2-3,5-10,22,29H,4,11-16H2,1H3/t22-/m1/s1. The van der Waals surface area contributed by atoms with Crippen molar-refractivity contribution in [2.45, 2.75) is 12.5 Å². The molecule has 8 heteroatoms. The smallest absolute Gasteiger partial charge is 0.295 e. The largest absolute Gasteiger partial charge is 0.507 e. The van der Waals surface area contributed by atoms with Crippen LogP contribution in [-0.4, -0.2) is 73.1 Å². The zero-order chi connectivity index (χ0) is 23.4. The Morgan fingerprint density at radius 1 is 1.09 bits per heavy atom. The van der Waals surface area contributed by atoms with Crippen molar-refractivity contribution < 1.29 is 24.2 Å². The molecule has 174 valence electrons. The lowest BCUT2D eigenvalue weighted by Crippen LogP contribution is -2.39. The molecule has 1 N–H and O–H groups in total. The molecular formula is C25H27ClN2O5. The number of carbonyl (C=O) groups is 2. The third kappa shape index (κ3) is 4.90. The first-order chi connectivity index (χ1) is 16.0. The van der Waals surface area contributed by atoms with Crippen molar-refractivity contribution in [2.75, 3.05) is 46.5 Å². The van der Waals surface area contributed by atoms with Gasteiger partial charge in [0.25, 0.3) is 11.7 Å². The number of ether oxygens (including phenoxy) is 2. The van der Waals surface area contributed by atoms with E-state index in [9.17, 15) is 14.7 Å². The molecule has 2 aliphatic heterocycles. The van der Waals surface area contributed by atoms with Gasteiger partial charge in [-0.05, 0) is 36.8 Å². The molecular weight excluding hydrogens is 444 g/mol. The van der Waals surface area contributed by atoms with E-state index in [-0.39, 0.29) is 11.3 Å². The van der Waals surface area contributed by atoms with Gasteiger partial charge >= 0.3 is 0 Å². The van der Waals surface area contributed by atoms with Crippen LogP contribution in [0.15, 0.2) is 54.1 Å². The number of benzene rings is 2. The summed E-state index contributed by atoms with van der Waals surface area (Å²) in [7, 11) is 1.54. The molecule has 4 rings (SSSR count). The number of carbonyl (C=O) groups excluding carboxylic acids is 2. The summed E-state index contributed by atoms with van der Waals surface area (Å²) >= 11 is 5.98. The second kappa shape index (κ2) is 10.4. The van der Waals surface area contributed by atoms with Crippen LogP contribution >= 0.6 is 11.6 Å². The Hall–Kier alpha value is -2.87. The van der Waals surface area contributed by atoms with Gasteiger partial charge in [-0.3, -0.25) is 14.5 Å². The second-order valence-electron chi connectivity index (χ2n) is 8.05. The molecule has 1 amide bonds. The first kappa shape index (κ1) is 23.3. The molecule has 0 bridgehead atoms. The highest BCUT2D eigenvalue weighted by atomic mass is 35.5. The number of likely N-dealkylation sites (tertiary alicyclic amines) is 1. The molecule has 2 saturated heterocycles. The van der Waals surface area contributed by atoms with Gasteiger partial charge in [-0.25, -0.2) is 0 Å². The lowest BCUT2D eigenvalue weighted by atomic mass is 9.94. The molecule has 2 aromatic rings. The van der Waals surface area contributed by atoms with Crippen LogP contribution in [0.25, 0.3) is 5.76 Å². The van der Waals surface area contributed by atoms with Gasteiger partial charge in [-0.2, -0.15) is 0 Å². The van der Waals surface area contributed by atoms with Gasteiger partial charge in [0.15, 0.2) is 0 Å². The molecule has 0 unspecified atom stereocenters. The number of halogens is 1. The zero-order valence-electron chi connectivity index (χ0n) is 18.5. The quantitative estimate of drug-likeness (QED) is 0.379. The molecule has 7 nitrogen and oxygen atoms in total. The van der Waals surface area contributed by atoms with Gasteiger partial charge in [0.2, 0.25) is 0 Å². The van der Waals surface area contributed by atoms with Crippen molar-refractivity contribution in [3.63, 3.8) is 0 Å². The molecule has 0 aliphatic carbocycles. The maximum absolute atomic E-state index is 13.1. The van der Waals surface area contributed by atoms with E-state index in [0.29, 0.717) is 48.1 Å². The molecule has 0 aromatic heterocycles. The van der Waals surface area contributed by atoms with Crippen LogP contribution in [0.2, 0.25) is 5.02 Å². The Kier molecular flexibility index (Phi) is 7.33. The number of ketones is 1. The minimum atomic E-state index is -0.749. The van der Waals surface area contributed by atoms with Crippen LogP contribution in [0, 0.1) is 0 Å². The summed E-state index contributed by atoms with van der Waals surface area (Å²) in [6.45, 7) is 4.28. The summed E-state index contributed by atoms with van der Waals surface area (Å²) in [6, 6.07) is 13.0. The topological polar surface area (TPSA) is 79.3 Å². The number of nitrogens with zero attached hydrogens (tertiary/aromatic N) is 2. The molecule has 2 aromatic carbocycles. The Morgan fingerprint density at radius 3 is 2.48 bits per heavy atom. The van der Waals surface area contributed by atoms with E-state index in [2.05, 4.69) is 4.90 Å². The molecule has 1 atom stereocenters. The van der Waals surface area contributed by atoms with Crippen LogP contribution in [0.5, 0.6) is 5.75 Å². The average Bonchev–Trinajstić information content (AvgIpc) is 3.09. The molecule has 0 radical (unpaired) electrons. The summed E-state index contributed by atoms with van der Waals surface area (Å²) in [4.78, 5) is 30.1. The number of Topliss-reactive ketones (excluding diaryl/α,β-unsaturated/α-hetero) is 1. The maximum Gasteiger partial charge on any atom is 0.295 e. The first-order valence-corrected chi connectivity index (χ1v) is 11.4. The van der Waals surface area contributed by atoms with E-state index < -0.39 is 17.7 Å². The highest BCUT2D eigenvalue weighted by Gasteiger charge is 2.46. The summed E-state index contributed by atoms with van der Waals surface area (Å²) in [6.07, 6.45) is 0.694. The number of hydrogen-bond acceptors (Lipinski definition) is 6. The number of para-hydroxylation sites is 1. The van der Waals surface area contributed by atoms with Crippen LogP contribution < -0.4 is 4.74 Å². The van der Waals surface area contributed by atoms with E-state index in [1.807, 2.05) is 18.2 Å². The van der Waals surface area contributed by atoms with Crippen LogP contribution in [0.3, 0.4) is 0 Å². The van der Waals surface area contributed by atoms with Crippen molar-refractivity contribution in [3.8, 4) is 5.75 Å². The van der Waals surface area contributed by atoms with Gasteiger partial charge in [0.1, 0.15) is 11.5 Å². The molecule has 2 aliphatic rings. The highest BCUT2D eigenvalue weighted by Crippen LogP contribution is 2.42. The van der Waals surface area contributed by atoms with E-state index >= 15 is 0 Å². The number of aliphatic hydroxyl groups is 1. The predicted octanol–water partition coefficient (Wildman–Crippen LogP) is 3.49. The zero-order valence-corrected chi connectivity index (χ0v) is 19.3. The summed E-state index contributed by atoms with van der Waals surface area (Å²) in [5.74, 6) is -1.01. The first-order valence-electron chi connectivity index (χ1n) is 11.0. The SMILES string of the molecule is COc1ccccc1[C@@H]1C(=C(O)c2ccc(Cl)cc2)C(=O)C(=O)N1CCCN1CCOCC1. The Bertz CT molecular complexity index is 1050. The number of rotatable bonds is 7. The molecule has 2 heterocycles. The average molecular weight is 471 g/mol. The molecule has 33 heavy (non-hydrogen) atoms. The number of aliphatic hydroxyl groups excluding tert-OH is 1. The van der Waals surface area contributed by atoms with Gasteiger partial charge in [-0.15, -0.1) is 0 Å². The second-order valence-corrected chi connectivity index (χ2v) is 8.49. The van der Waals surface area contributed by atoms with Crippen molar-refractivity contribution >= 4 is 29.1 Å². The third-order valence-electron chi connectivity index (χ3n) is 6.07.